The van der Waals surface area contributed by atoms with Gasteiger partial charge in [-0.3, -0.25) is 4.79 Å². The predicted molar refractivity (Wildman–Crippen MR) is 109 cm³/mol. The summed E-state index contributed by atoms with van der Waals surface area (Å²) >= 11 is 0. The van der Waals surface area contributed by atoms with Gasteiger partial charge in [0.2, 0.25) is 5.91 Å². The molecule has 0 unspecified atom stereocenters. The molecule has 3 nitrogen and oxygen atoms in total. The number of benzene rings is 2. The fourth-order valence-electron chi connectivity index (χ4n) is 3.35. The van der Waals surface area contributed by atoms with Gasteiger partial charge in [0.25, 0.3) is 0 Å². The standard InChI is InChI=1S/C23H27FN2O/c1-18(2)17-20-5-3-19(4-6-20)7-12-23(27)26-15-13-25(14-16-26)22-10-8-21(24)9-11-22/h3-12,18H,13-17H2,1-2H3. The highest BCUT2D eigenvalue weighted by Gasteiger charge is 2.19. The smallest absolute Gasteiger partial charge is 0.246 e. The number of nitrogens with zero attached hydrogens (tertiary/aromatic N) is 2. The van der Waals surface area contributed by atoms with Crippen molar-refractivity contribution in [3.8, 4) is 0 Å². The van der Waals surface area contributed by atoms with E-state index >= 15 is 0 Å². The Hall–Kier alpha value is -2.62. The molecule has 0 spiro atoms. The number of hydrogen-bond donors (Lipinski definition) is 0. The van der Waals surface area contributed by atoms with E-state index in [1.54, 1.807) is 18.2 Å². The lowest BCUT2D eigenvalue weighted by Gasteiger charge is -2.35. The Morgan fingerprint density at radius 3 is 2.22 bits per heavy atom. The summed E-state index contributed by atoms with van der Waals surface area (Å²) in [7, 11) is 0. The van der Waals surface area contributed by atoms with Gasteiger partial charge in [-0.15, -0.1) is 0 Å². The molecule has 142 valence electrons. The molecule has 3 rings (SSSR count). The first-order valence-corrected chi connectivity index (χ1v) is 9.58. The molecule has 1 aliphatic heterocycles. The van der Waals surface area contributed by atoms with Crippen molar-refractivity contribution < 1.29 is 9.18 Å². The zero-order chi connectivity index (χ0) is 19.2. The van der Waals surface area contributed by atoms with Crippen molar-refractivity contribution in [3.05, 3.63) is 71.6 Å². The summed E-state index contributed by atoms with van der Waals surface area (Å²) in [6.45, 7) is 7.29. The van der Waals surface area contributed by atoms with Crippen LogP contribution in [0.3, 0.4) is 0 Å². The predicted octanol–water partition coefficient (Wildman–Crippen LogP) is 4.39. The van der Waals surface area contributed by atoms with E-state index in [1.165, 1.54) is 17.7 Å². The fraction of sp³-hybridized carbons (Fsp3) is 0.348. The van der Waals surface area contributed by atoms with Gasteiger partial charge in [-0.05, 0) is 53.8 Å². The minimum absolute atomic E-state index is 0.0417. The Morgan fingerprint density at radius 1 is 1.00 bits per heavy atom. The van der Waals surface area contributed by atoms with Crippen LogP contribution < -0.4 is 4.90 Å². The summed E-state index contributed by atoms with van der Waals surface area (Å²) in [5.74, 6) is 0.455. The van der Waals surface area contributed by atoms with Gasteiger partial charge in [0.05, 0.1) is 0 Å². The molecule has 4 heteroatoms. The summed E-state index contributed by atoms with van der Waals surface area (Å²) in [5.41, 5.74) is 3.37. The Balaban J connectivity index is 1.51. The first kappa shape index (κ1) is 19.2. The van der Waals surface area contributed by atoms with Gasteiger partial charge in [-0.25, -0.2) is 4.39 Å². The third-order valence-electron chi connectivity index (χ3n) is 4.83. The third kappa shape index (κ3) is 5.43. The van der Waals surface area contributed by atoms with Gasteiger partial charge in [0.1, 0.15) is 5.82 Å². The molecule has 0 radical (unpaired) electrons. The van der Waals surface area contributed by atoms with Crippen LogP contribution in [0.15, 0.2) is 54.6 Å². The summed E-state index contributed by atoms with van der Waals surface area (Å²) < 4.78 is 13.0. The number of piperazine rings is 1. The van der Waals surface area contributed by atoms with Crippen LogP contribution in [-0.2, 0) is 11.2 Å². The lowest BCUT2D eigenvalue weighted by atomic mass is 10.0. The van der Waals surface area contributed by atoms with Crippen LogP contribution in [0.25, 0.3) is 6.08 Å². The van der Waals surface area contributed by atoms with Gasteiger partial charge in [0, 0.05) is 37.9 Å². The second-order valence-electron chi connectivity index (χ2n) is 7.46. The van der Waals surface area contributed by atoms with E-state index in [1.807, 2.05) is 11.0 Å². The van der Waals surface area contributed by atoms with Crippen molar-refractivity contribution in [1.29, 1.82) is 0 Å². The van der Waals surface area contributed by atoms with Crippen LogP contribution in [0, 0.1) is 11.7 Å². The molecule has 1 fully saturated rings. The van der Waals surface area contributed by atoms with E-state index in [0.29, 0.717) is 19.0 Å². The summed E-state index contributed by atoms with van der Waals surface area (Å²) in [6.07, 6.45) is 4.61. The van der Waals surface area contributed by atoms with E-state index in [2.05, 4.69) is 43.0 Å². The molecule has 0 atom stereocenters. The summed E-state index contributed by atoms with van der Waals surface area (Å²) in [5, 5.41) is 0. The average molecular weight is 366 g/mol. The molecule has 2 aromatic carbocycles. The normalized spacial score (nSPS) is 15.0. The molecular formula is C23H27FN2O. The van der Waals surface area contributed by atoms with Crippen molar-refractivity contribution in [2.45, 2.75) is 20.3 Å². The van der Waals surface area contributed by atoms with Crippen LogP contribution >= 0.6 is 0 Å². The number of rotatable bonds is 5. The van der Waals surface area contributed by atoms with Crippen molar-refractivity contribution in [1.82, 2.24) is 4.90 Å². The van der Waals surface area contributed by atoms with Crippen molar-refractivity contribution in [2.75, 3.05) is 31.1 Å². The van der Waals surface area contributed by atoms with Crippen molar-refractivity contribution in [3.63, 3.8) is 0 Å². The summed E-state index contributed by atoms with van der Waals surface area (Å²) in [4.78, 5) is 16.5. The maximum Gasteiger partial charge on any atom is 0.246 e. The minimum atomic E-state index is -0.227. The number of carbonyl (C=O) groups excluding carboxylic acids is 1. The van der Waals surface area contributed by atoms with Crippen LogP contribution in [-0.4, -0.2) is 37.0 Å². The first-order valence-electron chi connectivity index (χ1n) is 9.58. The number of anilines is 1. The molecule has 1 amide bonds. The van der Waals surface area contributed by atoms with Gasteiger partial charge in [0.15, 0.2) is 0 Å². The maximum atomic E-state index is 13.0. The zero-order valence-electron chi connectivity index (χ0n) is 16.1. The van der Waals surface area contributed by atoms with E-state index < -0.39 is 0 Å². The molecule has 0 aliphatic carbocycles. The third-order valence-corrected chi connectivity index (χ3v) is 4.83. The average Bonchev–Trinajstić information content (AvgIpc) is 2.67. The Kier molecular flexibility index (Phi) is 6.28. The second kappa shape index (κ2) is 8.85. The molecule has 0 aromatic heterocycles. The van der Waals surface area contributed by atoms with Crippen LogP contribution in [0.1, 0.15) is 25.0 Å². The first-order chi connectivity index (χ1) is 13.0. The monoisotopic (exact) mass is 366 g/mol. The molecule has 1 aliphatic rings. The van der Waals surface area contributed by atoms with Crippen LogP contribution in [0.5, 0.6) is 0 Å². The highest BCUT2D eigenvalue weighted by atomic mass is 19.1. The molecule has 0 bridgehead atoms. The van der Waals surface area contributed by atoms with Gasteiger partial charge < -0.3 is 9.80 Å². The molecule has 2 aromatic rings. The number of carbonyl (C=O) groups is 1. The molecule has 0 saturated carbocycles. The van der Waals surface area contributed by atoms with Crippen molar-refractivity contribution in [2.24, 2.45) is 5.92 Å². The Bertz CT molecular complexity index is 773. The molecule has 0 N–H and O–H groups in total. The molecule has 1 saturated heterocycles. The van der Waals surface area contributed by atoms with E-state index in [-0.39, 0.29) is 11.7 Å². The number of amides is 1. The number of hydrogen-bond acceptors (Lipinski definition) is 2. The topological polar surface area (TPSA) is 23.6 Å². The molecule has 1 heterocycles. The lowest BCUT2D eigenvalue weighted by Crippen LogP contribution is -2.48. The SMILES string of the molecule is CC(C)Cc1ccc(C=CC(=O)N2CCN(c3ccc(F)cc3)CC2)cc1. The Morgan fingerprint density at radius 2 is 1.63 bits per heavy atom. The van der Waals surface area contributed by atoms with Crippen LogP contribution in [0.4, 0.5) is 10.1 Å². The van der Waals surface area contributed by atoms with E-state index in [9.17, 15) is 9.18 Å². The number of halogens is 1. The highest BCUT2D eigenvalue weighted by molar-refractivity contribution is 5.92. The second-order valence-corrected chi connectivity index (χ2v) is 7.46. The lowest BCUT2D eigenvalue weighted by molar-refractivity contribution is -0.126. The largest absolute Gasteiger partial charge is 0.368 e. The van der Waals surface area contributed by atoms with Gasteiger partial charge in [-0.1, -0.05) is 38.1 Å². The molecule has 27 heavy (non-hydrogen) atoms. The van der Waals surface area contributed by atoms with E-state index in [0.717, 1.165) is 30.8 Å². The van der Waals surface area contributed by atoms with Gasteiger partial charge >= 0.3 is 0 Å². The summed E-state index contributed by atoms with van der Waals surface area (Å²) in [6, 6.07) is 14.9. The fourth-order valence-corrected chi connectivity index (χ4v) is 3.35. The quantitative estimate of drug-likeness (QED) is 0.733. The highest BCUT2D eigenvalue weighted by Crippen LogP contribution is 2.17. The minimum Gasteiger partial charge on any atom is -0.368 e. The molecular weight excluding hydrogens is 339 g/mol. The van der Waals surface area contributed by atoms with E-state index in [4.69, 9.17) is 0 Å². The van der Waals surface area contributed by atoms with Crippen molar-refractivity contribution >= 4 is 17.7 Å². The maximum absolute atomic E-state index is 13.0. The Labute approximate surface area is 161 Å². The van der Waals surface area contributed by atoms with Gasteiger partial charge in [-0.2, -0.15) is 0 Å². The van der Waals surface area contributed by atoms with Crippen LogP contribution in [0.2, 0.25) is 0 Å². The zero-order valence-corrected chi connectivity index (χ0v) is 16.1.